The Morgan fingerprint density at radius 2 is 1.55 bits per heavy atom. The van der Waals surface area contributed by atoms with Crippen molar-refractivity contribution in [3.63, 3.8) is 0 Å². The number of aliphatic hydroxyl groups is 1. The van der Waals surface area contributed by atoms with Gasteiger partial charge in [0.15, 0.2) is 5.60 Å². The number of hydrogen-bond donors (Lipinski definition) is 5. The lowest BCUT2D eigenvalue weighted by Gasteiger charge is -2.39. The predicted octanol–water partition coefficient (Wildman–Crippen LogP) is 5.17. The zero-order valence-electron chi connectivity index (χ0n) is 37.2. The monoisotopic (exact) mass is 884 g/mol. The molecule has 0 aliphatic carbocycles. The fourth-order valence-electron chi connectivity index (χ4n) is 11.3. The van der Waals surface area contributed by atoms with Crippen molar-refractivity contribution in [2.45, 2.75) is 107 Å². The van der Waals surface area contributed by atoms with E-state index in [0.29, 0.717) is 35.6 Å². The summed E-state index contributed by atoms with van der Waals surface area (Å²) in [5.74, 6) is -0.249. The molecule has 14 heteroatoms. The average Bonchev–Trinajstić information content (AvgIpc) is 4.13. The van der Waals surface area contributed by atoms with Crippen molar-refractivity contribution in [1.82, 2.24) is 15.5 Å². The zero-order chi connectivity index (χ0) is 44.8. The molecule has 64 heavy (non-hydrogen) atoms. The lowest BCUT2D eigenvalue weighted by Crippen LogP contribution is -2.52. The van der Waals surface area contributed by atoms with Crippen LogP contribution in [0, 0.1) is 5.92 Å². The van der Waals surface area contributed by atoms with E-state index >= 15 is 4.79 Å². The van der Waals surface area contributed by atoms with Crippen LogP contribution in [0.2, 0.25) is 18.6 Å². The SMILES string of the molecule is COc1ccc([Si](C)(C)[C@@H]2[C@@H](CC(=O)N3Cc4ccccc4C[C@H]3CO)O[C@]3(C(=O)N(Cc4cccc(NC(=O)[C@H]5CCCN5)c4)c4ccc(NC(=O)[C@H]5CCCN5)cc43)[C@H]2C)cc1. The molecule has 336 valence electrons. The van der Waals surface area contributed by atoms with E-state index in [1.165, 1.54) is 0 Å². The number of carbonyl (C=O) groups excluding carboxylic acids is 4. The van der Waals surface area contributed by atoms with E-state index in [1.54, 1.807) is 16.9 Å². The van der Waals surface area contributed by atoms with E-state index in [-0.39, 0.29) is 66.9 Å². The largest absolute Gasteiger partial charge is 0.497 e. The van der Waals surface area contributed by atoms with Crippen molar-refractivity contribution < 1.29 is 33.8 Å². The summed E-state index contributed by atoms with van der Waals surface area (Å²) < 4.78 is 12.9. The number of carbonyl (C=O) groups is 4. The smallest absolute Gasteiger partial charge is 0.264 e. The van der Waals surface area contributed by atoms with Gasteiger partial charge in [0.1, 0.15) is 5.75 Å². The van der Waals surface area contributed by atoms with E-state index in [1.807, 2.05) is 72.8 Å². The molecule has 5 heterocycles. The van der Waals surface area contributed by atoms with Crippen LogP contribution in [-0.4, -0.2) is 92.7 Å². The van der Waals surface area contributed by atoms with Gasteiger partial charge >= 0.3 is 0 Å². The molecule has 1 spiro atoms. The number of nitrogens with zero attached hydrogens (tertiary/aromatic N) is 2. The Bertz CT molecular complexity index is 2420. The van der Waals surface area contributed by atoms with Crippen LogP contribution in [0.5, 0.6) is 5.75 Å². The number of methoxy groups -OCH3 is 1. The minimum absolute atomic E-state index is 0.0198. The van der Waals surface area contributed by atoms with Gasteiger partial charge in [-0.15, -0.1) is 0 Å². The van der Waals surface area contributed by atoms with Gasteiger partial charge in [0.05, 0.1) is 64.7 Å². The molecule has 0 aromatic heterocycles. The highest BCUT2D eigenvalue weighted by Gasteiger charge is 2.66. The first-order chi connectivity index (χ1) is 30.9. The Morgan fingerprint density at radius 3 is 2.19 bits per heavy atom. The number of nitrogens with one attached hydrogen (secondary N) is 4. The third-order valence-electron chi connectivity index (χ3n) is 14.7. The molecule has 13 nitrogen and oxygen atoms in total. The van der Waals surface area contributed by atoms with E-state index < -0.39 is 25.7 Å². The molecule has 5 N–H and O–H groups in total. The van der Waals surface area contributed by atoms with E-state index in [0.717, 1.165) is 66.4 Å². The van der Waals surface area contributed by atoms with Crippen molar-refractivity contribution in [2.24, 2.45) is 5.92 Å². The van der Waals surface area contributed by atoms with Gasteiger partial charge < -0.3 is 45.6 Å². The lowest BCUT2D eigenvalue weighted by atomic mass is 9.82. The molecule has 0 radical (unpaired) electrons. The summed E-state index contributed by atoms with van der Waals surface area (Å²) in [6.07, 6.45) is 3.30. The number of anilines is 3. The molecule has 4 amide bonds. The van der Waals surface area contributed by atoms with Gasteiger partial charge in [-0.25, -0.2) is 0 Å². The van der Waals surface area contributed by atoms with Crippen LogP contribution in [0.15, 0.2) is 91.0 Å². The highest BCUT2D eigenvalue weighted by Crippen LogP contribution is 2.60. The molecule has 3 fully saturated rings. The van der Waals surface area contributed by atoms with Crippen LogP contribution in [-0.2, 0) is 49.0 Å². The highest BCUT2D eigenvalue weighted by atomic mass is 28.3. The number of amides is 4. The van der Waals surface area contributed by atoms with Gasteiger partial charge in [-0.3, -0.25) is 19.2 Å². The van der Waals surface area contributed by atoms with E-state index in [2.05, 4.69) is 59.5 Å². The number of fused-ring (bicyclic) bond motifs is 3. The maximum atomic E-state index is 15.7. The molecule has 4 aromatic carbocycles. The van der Waals surface area contributed by atoms with Crippen molar-refractivity contribution in [1.29, 1.82) is 0 Å². The van der Waals surface area contributed by atoms with Crippen molar-refractivity contribution in [3.05, 3.63) is 113 Å². The van der Waals surface area contributed by atoms with Crippen LogP contribution in [0.25, 0.3) is 0 Å². The summed E-state index contributed by atoms with van der Waals surface area (Å²) in [5.41, 5.74) is 3.80. The molecule has 9 rings (SSSR count). The minimum Gasteiger partial charge on any atom is -0.497 e. The van der Waals surface area contributed by atoms with Crippen molar-refractivity contribution >= 4 is 54.0 Å². The molecule has 0 saturated carbocycles. The molecule has 7 atom stereocenters. The normalized spacial score (nSPS) is 26.2. The van der Waals surface area contributed by atoms with Crippen molar-refractivity contribution in [2.75, 3.05) is 42.3 Å². The molecule has 3 saturated heterocycles. The van der Waals surface area contributed by atoms with Crippen molar-refractivity contribution in [3.8, 4) is 5.75 Å². The third-order valence-corrected chi connectivity index (χ3v) is 19.0. The quantitative estimate of drug-likeness (QED) is 0.121. The van der Waals surface area contributed by atoms with Gasteiger partial charge in [0, 0.05) is 29.4 Å². The molecular formula is C50H60N6O7Si. The van der Waals surface area contributed by atoms with Gasteiger partial charge in [-0.2, -0.15) is 0 Å². The minimum atomic E-state index is -2.64. The standard InChI is InChI=1S/C50H60N6O7Si/c1-31-46(64(3,4)39-19-17-38(62-2)18-20-39)44(27-45(58)55-29-34-12-6-5-11-33(34)25-37(55)30-57)63-50(31)40-26-36(54-48(60)42-15-9-23-52-42)16-21-43(40)56(49(50)61)28-32-10-7-13-35(24-32)53-47(59)41-14-8-22-51-41/h5-7,10-13,16-21,24,26,31,37,41-42,44,46,51-52,57H,8-9,14-15,22-23,25,27-30H2,1-4H3,(H,53,59)(H,54,60)/t31-,37-,41+,42+,44+,46-,50+/m0/s1. The molecule has 4 aromatic rings. The summed E-state index contributed by atoms with van der Waals surface area (Å²) in [7, 11) is -0.992. The van der Waals surface area contributed by atoms with Crippen LogP contribution < -0.4 is 36.1 Å². The molecule has 0 unspecified atom stereocenters. The number of aliphatic hydroxyl groups excluding tert-OH is 1. The maximum absolute atomic E-state index is 15.7. The van der Waals surface area contributed by atoms with Crippen LogP contribution >= 0.6 is 0 Å². The summed E-state index contributed by atoms with van der Waals surface area (Å²) in [5, 5.41) is 24.5. The maximum Gasteiger partial charge on any atom is 0.264 e. The molecular weight excluding hydrogens is 825 g/mol. The van der Waals surface area contributed by atoms with Gasteiger partial charge in [0.2, 0.25) is 17.7 Å². The van der Waals surface area contributed by atoms with Gasteiger partial charge in [-0.1, -0.05) is 73.7 Å². The van der Waals surface area contributed by atoms with Gasteiger partial charge in [0.25, 0.3) is 5.91 Å². The highest BCUT2D eigenvalue weighted by molar-refractivity contribution is 6.91. The number of benzene rings is 4. The fourth-order valence-corrected chi connectivity index (χ4v) is 15.3. The zero-order valence-corrected chi connectivity index (χ0v) is 38.2. The fraction of sp³-hybridized carbons (Fsp3) is 0.440. The van der Waals surface area contributed by atoms with Crippen LogP contribution in [0.4, 0.5) is 17.1 Å². The summed E-state index contributed by atoms with van der Waals surface area (Å²) >= 11 is 0. The second-order valence-corrected chi connectivity index (χ2v) is 23.5. The first-order valence-corrected chi connectivity index (χ1v) is 25.9. The summed E-state index contributed by atoms with van der Waals surface area (Å²) in [6.45, 7) is 8.66. The molecule has 5 aliphatic rings. The third kappa shape index (κ3) is 8.04. The number of hydrogen-bond acceptors (Lipinski definition) is 9. The lowest BCUT2D eigenvalue weighted by molar-refractivity contribution is -0.151. The Balaban J connectivity index is 1.10. The Hall–Kier alpha value is -5.38. The Kier molecular flexibility index (Phi) is 12.3. The first kappa shape index (κ1) is 43.8. The molecule has 5 aliphatic heterocycles. The molecule has 0 bridgehead atoms. The number of ether oxygens (including phenoxy) is 2. The van der Waals surface area contributed by atoms with Crippen LogP contribution in [0.1, 0.15) is 61.3 Å². The van der Waals surface area contributed by atoms with Gasteiger partial charge in [-0.05, 0) is 110 Å². The first-order valence-electron chi connectivity index (χ1n) is 22.8. The summed E-state index contributed by atoms with van der Waals surface area (Å²) in [4.78, 5) is 60.7. The van der Waals surface area contributed by atoms with E-state index in [9.17, 15) is 19.5 Å². The second-order valence-electron chi connectivity index (χ2n) is 18.8. The van der Waals surface area contributed by atoms with Crippen LogP contribution in [0.3, 0.4) is 0 Å². The Labute approximate surface area is 376 Å². The topological polar surface area (TPSA) is 162 Å². The van der Waals surface area contributed by atoms with E-state index in [4.69, 9.17) is 9.47 Å². The number of rotatable bonds is 12. The summed E-state index contributed by atoms with van der Waals surface area (Å²) in [6, 6.07) is 28.5. The Morgan fingerprint density at radius 1 is 0.875 bits per heavy atom. The second kappa shape index (κ2) is 17.9. The predicted molar refractivity (Wildman–Crippen MR) is 249 cm³/mol. The average molecular weight is 885 g/mol.